The summed E-state index contributed by atoms with van der Waals surface area (Å²) in [6.45, 7) is 5.29. The maximum absolute atomic E-state index is 12.0. The number of hydrogen-bond donors (Lipinski definition) is 2. The smallest absolute Gasteiger partial charge is 0.412 e. The molecule has 2 rings (SSSR count). The standard InChI is InChI=1S/C21H24N2O5/c1-21(2,3)28-20(26)23-17-11-9-16(10-12-17)19(25)27-14-18(24)22-13-15-7-5-4-6-8-15/h4-12H,13-14H2,1-3H3,(H,22,24)(H,23,26). The first-order chi connectivity index (χ1) is 13.2. The van der Waals surface area contributed by atoms with Crippen molar-refractivity contribution in [1.82, 2.24) is 5.32 Å². The van der Waals surface area contributed by atoms with E-state index in [1.165, 1.54) is 12.1 Å². The van der Waals surface area contributed by atoms with Crippen molar-refractivity contribution < 1.29 is 23.9 Å². The molecular weight excluding hydrogens is 360 g/mol. The zero-order valence-corrected chi connectivity index (χ0v) is 16.2. The summed E-state index contributed by atoms with van der Waals surface area (Å²) < 4.78 is 10.2. The molecule has 0 aliphatic heterocycles. The Morgan fingerprint density at radius 1 is 0.929 bits per heavy atom. The van der Waals surface area contributed by atoms with Gasteiger partial charge in [-0.3, -0.25) is 10.1 Å². The van der Waals surface area contributed by atoms with Crippen molar-refractivity contribution in [3.63, 3.8) is 0 Å². The number of amides is 2. The number of nitrogens with one attached hydrogen (secondary N) is 2. The van der Waals surface area contributed by atoms with E-state index in [4.69, 9.17) is 9.47 Å². The minimum atomic E-state index is -0.626. The average Bonchev–Trinajstić information content (AvgIpc) is 2.64. The fourth-order valence-corrected chi connectivity index (χ4v) is 2.17. The summed E-state index contributed by atoms with van der Waals surface area (Å²) in [7, 11) is 0. The van der Waals surface area contributed by atoms with E-state index in [9.17, 15) is 14.4 Å². The molecule has 28 heavy (non-hydrogen) atoms. The Balaban J connectivity index is 1.77. The van der Waals surface area contributed by atoms with Crippen LogP contribution in [0.2, 0.25) is 0 Å². The number of benzene rings is 2. The van der Waals surface area contributed by atoms with Crippen LogP contribution in [0.3, 0.4) is 0 Å². The molecule has 2 amide bonds. The quantitative estimate of drug-likeness (QED) is 0.744. The van der Waals surface area contributed by atoms with E-state index in [-0.39, 0.29) is 18.1 Å². The van der Waals surface area contributed by atoms with Crippen LogP contribution >= 0.6 is 0 Å². The molecule has 2 N–H and O–H groups in total. The maximum Gasteiger partial charge on any atom is 0.412 e. The number of carbonyl (C=O) groups excluding carboxylic acids is 3. The van der Waals surface area contributed by atoms with E-state index in [2.05, 4.69) is 10.6 Å². The SMILES string of the molecule is CC(C)(C)OC(=O)Nc1ccc(C(=O)OCC(=O)NCc2ccccc2)cc1. The Labute approximate surface area is 164 Å². The third-order valence-electron chi connectivity index (χ3n) is 3.43. The molecule has 0 bridgehead atoms. The second-order valence-electron chi connectivity index (χ2n) is 7.04. The van der Waals surface area contributed by atoms with E-state index < -0.39 is 17.7 Å². The molecular formula is C21H24N2O5. The molecule has 148 valence electrons. The van der Waals surface area contributed by atoms with Crippen molar-refractivity contribution in [3.8, 4) is 0 Å². The second-order valence-corrected chi connectivity index (χ2v) is 7.04. The van der Waals surface area contributed by atoms with Crippen LogP contribution in [0.1, 0.15) is 36.7 Å². The van der Waals surface area contributed by atoms with Crippen molar-refractivity contribution >= 4 is 23.7 Å². The summed E-state index contributed by atoms with van der Waals surface area (Å²) in [6, 6.07) is 15.5. The molecule has 0 saturated carbocycles. The van der Waals surface area contributed by atoms with Gasteiger partial charge in [-0.2, -0.15) is 0 Å². The van der Waals surface area contributed by atoms with Crippen molar-refractivity contribution in [2.24, 2.45) is 0 Å². The minimum Gasteiger partial charge on any atom is -0.452 e. The fourth-order valence-electron chi connectivity index (χ4n) is 2.17. The first kappa shape index (κ1) is 21.0. The van der Waals surface area contributed by atoms with Crippen molar-refractivity contribution in [3.05, 3.63) is 65.7 Å². The monoisotopic (exact) mass is 384 g/mol. The normalized spacial score (nSPS) is 10.7. The molecule has 0 atom stereocenters. The molecule has 0 aliphatic carbocycles. The molecule has 2 aromatic rings. The molecule has 0 unspecified atom stereocenters. The van der Waals surface area contributed by atoms with E-state index in [1.807, 2.05) is 30.3 Å². The summed E-state index contributed by atoms with van der Waals surface area (Å²) in [5.74, 6) is -1.01. The Bertz CT molecular complexity index is 811. The molecule has 0 aliphatic rings. The first-order valence-electron chi connectivity index (χ1n) is 8.81. The van der Waals surface area contributed by atoms with Crippen LogP contribution < -0.4 is 10.6 Å². The number of rotatable bonds is 6. The highest BCUT2D eigenvalue weighted by molar-refractivity contribution is 5.92. The summed E-state index contributed by atoms with van der Waals surface area (Å²) in [5, 5.41) is 5.25. The third-order valence-corrected chi connectivity index (χ3v) is 3.43. The van der Waals surface area contributed by atoms with Crippen LogP contribution in [-0.2, 0) is 20.8 Å². The molecule has 0 aromatic heterocycles. The first-order valence-corrected chi connectivity index (χ1v) is 8.81. The Kier molecular flexibility index (Phi) is 7.14. The molecule has 0 saturated heterocycles. The van der Waals surface area contributed by atoms with Crippen LogP contribution in [-0.4, -0.2) is 30.2 Å². The topological polar surface area (TPSA) is 93.7 Å². The summed E-state index contributed by atoms with van der Waals surface area (Å²) in [5.41, 5.74) is 1.10. The second kappa shape index (κ2) is 9.55. The highest BCUT2D eigenvalue weighted by atomic mass is 16.6. The van der Waals surface area contributed by atoms with Gasteiger partial charge in [0.1, 0.15) is 5.60 Å². The van der Waals surface area contributed by atoms with Crippen LogP contribution in [0.5, 0.6) is 0 Å². The number of esters is 1. The van der Waals surface area contributed by atoms with Crippen LogP contribution in [0, 0.1) is 0 Å². The van der Waals surface area contributed by atoms with Gasteiger partial charge >= 0.3 is 12.1 Å². The van der Waals surface area contributed by atoms with Crippen LogP contribution in [0.15, 0.2) is 54.6 Å². The van der Waals surface area contributed by atoms with E-state index in [0.29, 0.717) is 12.2 Å². The Hall–Kier alpha value is -3.35. The summed E-state index contributed by atoms with van der Waals surface area (Å²) >= 11 is 0. The van der Waals surface area contributed by atoms with Gasteiger partial charge < -0.3 is 14.8 Å². The highest BCUT2D eigenvalue weighted by Gasteiger charge is 2.16. The van der Waals surface area contributed by atoms with Crippen molar-refractivity contribution in [2.45, 2.75) is 32.9 Å². The highest BCUT2D eigenvalue weighted by Crippen LogP contribution is 2.13. The van der Waals surface area contributed by atoms with Gasteiger partial charge in [-0.1, -0.05) is 30.3 Å². The summed E-state index contributed by atoms with van der Waals surface area (Å²) in [4.78, 5) is 35.5. The molecule has 0 fully saturated rings. The van der Waals surface area contributed by atoms with E-state index in [1.54, 1.807) is 32.9 Å². The predicted molar refractivity (Wildman–Crippen MR) is 105 cm³/mol. The van der Waals surface area contributed by atoms with E-state index >= 15 is 0 Å². The fraction of sp³-hybridized carbons (Fsp3) is 0.286. The lowest BCUT2D eigenvalue weighted by Gasteiger charge is -2.19. The van der Waals surface area contributed by atoms with Gasteiger partial charge in [-0.15, -0.1) is 0 Å². The number of anilines is 1. The number of ether oxygens (including phenoxy) is 2. The van der Waals surface area contributed by atoms with E-state index in [0.717, 1.165) is 5.56 Å². The lowest BCUT2D eigenvalue weighted by atomic mass is 10.2. The van der Waals surface area contributed by atoms with Gasteiger partial charge in [0, 0.05) is 12.2 Å². The molecule has 0 radical (unpaired) electrons. The minimum absolute atomic E-state index is 0.269. The van der Waals surface area contributed by atoms with Gasteiger partial charge in [0.2, 0.25) is 0 Å². The average molecular weight is 384 g/mol. The third kappa shape index (κ3) is 7.49. The lowest BCUT2D eigenvalue weighted by Crippen LogP contribution is -2.28. The molecule has 0 spiro atoms. The summed E-state index contributed by atoms with van der Waals surface area (Å²) in [6.07, 6.45) is -0.585. The molecule has 7 heteroatoms. The van der Waals surface area contributed by atoms with Crippen molar-refractivity contribution in [1.29, 1.82) is 0 Å². The van der Waals surface area contributed by atoms with Crippen molar-refractivity contribution in [2.75, 3.05) is 11.9 Å². The molecule has 7 nitrogen and oxygen atoms in total. The van der Waals surface area contributed by atoms with Crippen LogP contribution in [0.4, 0.5) is 10.5 Å². The Morgan fingerprint density at radius 2 is 1.57 bits per heavy atom. The van der Waals surface area contributed by atoms with Gasteiger partial charge in [-0.25, -0.2) is 9.59 Å². The number of hydrogen-bond acceptors (Lipinski definition) is 5. The predicted octanol–water partition coefficient (Wildman–Crippen LogP) is 3.51. The molecule has 2 aromatic carbocycles. The Morgan fingerprint density at radius 3 is 2.18 bits per heavy atom. The number of carbonyl (C=O) groups is 3. The lowest BCUT2D eigenvalue weighted by molar-refractivity contribution is -0.124. The van der Waals surface area contributed by atoms with Gasteiger partial charge in [0.25, 0.3) is 5.91 Å². The zero-order chi connectivity index (χ0) is 20.6. The van der Waals surface area contributed by atoms with Gasteiger partial charge in [0.15, 0.2) is 6.61 Å². The largest absolute Gasteiger partial charge is 0.452 e. The maximum atomic E-state index is 12.0. The van der Waals surface area contributed by atoms with Gasteiger partial charge in [0.05, 0.1) is 5.56 Å². The zero-order valence-electron chi connectivity index (χ0n) is 16.2. The van der Waals surface area contributed by atoms with Crippen LogP contribution in [0.25, 0.3) is 0 Å². The van der Waals surface area contributed by atoms with Gasteiger partial charge in [-0.05, 0) is 50.6 Å². The molecule has 0 heterocycles.